The average molecular weight is 263 g/mol. The van der Waals surface area contributed by atoms with E-state index in [1.165, 1.54) is 0 Å². The Hall–Kier alpha value is -0.970. The molecule has 0 saturated heterocycles. The van der Waals surface area contributed by atoms with Crippen LogP contribution in [0.25, 0.3) is 0 Å². The zero-order chi connectivity index (χ0) is 12.0. The number of nitrogens with one attached hydrogen (secondary N) is 1. The molecule has 0 heterocycles. The van der Waals surface area contributed by atoms with Crippen LogP contribution in [0, 0.1) is 0 Å². The predicted molar refractivity (Wildman–Crippen MR) is 65.1 cm³/mol. The van der Waals surface area contributed by atoms with Crippen molar-refractivity contribution in [1.29, 1.82) is 0 Å². The lowest BCUT2D eigenvalue weighted by atomic mass is 10.3. The van der Waals surface area contributed by atoms with Crippen LogP contribution in [-0.2, 0) is 4.74 Å². The monoisotopic (exact) mass is 262 g/mol. The molecule has 0 atom stereocenters. The lowest BCUT2D eigenvalue weighted by Crippen LogP contribution is -2.15. The van der Waals surface area contributed by atoms with Crippen LogP contribution >= 0.6 is 23.2 Å². The number of hydrogen-bond donors (Lipinski definition) is 2. The molecule has 0 fully saturated rings. The van der Waals surface area contributed by atoms with Gasteiger partial charge in [0.1, 0.15) is 0 Å². The molecule has 0 radical (unpaired) electrons. The lowest BCUT2D eigenvalue weighted by Gasteiger charge is -2.07. The van der Waals surface area contributed by atoms with Crippen molar-refractivity contribution in [2.75, 3.05) is 18.5 Å². The minimum absolute atomic E-state index is 0.288. The maximum atomic E-state index is 11.2. The van der Waals surface area contributed by atoms with E-state index in [2.05, 4.69) is 5.32 Å². The molecule has 0 aliphatic rings. The summed E-state index contributed by atoms with van der Waals surface area (Å²) in [7, 11) is 0. The Labute approximate surface area is 104 Å². The van der Waals surface area contributed by atoms with Crippen molar-refractivity contribution in [1.82, 2.24) is 0 Å². The van der Waals surface area contributed by atoms with Gasteiger partial charge in [-0.2, -0.15) is 0 Å². The van der Waals surface area contributed by atoms with E-state index in [9.17, 15) is 4.79 Å². The third-order valence-electron chi connectivity index (χ3n) is 1.69. The van der Waals surface area contributed by atoms with Crippen molar-refractivity contribution >= 4 is 35.0 Å². The SMILES string of the molecule is NCCCOC(=O)Nc1cc(Cl)cc(Cl)c1. The number of nitrogens with two attached hydrogens (primary N) is 1. The zero-order valence-corrected chi connectivity index (χ0v) is 10.0. The lowest BCUT2D eigenvalue weighted by molar-refractivity contribution is 0.161. The number of anilines is 1. The van der Waals surface area contributed by atoms with Gasteiger partial charge < -0.3 is 10.5 Å². The highest BCUT2D eigenvalue weighted by molar-refractivity contribution is 6.35. The van der Waals surface area contributed by atoms with Gasteiger partial charge in [0.2, 0.25) is 0 Å². The highest BCUT2D eigenvalue weighted by Gasteiger charge is 2.04. The van der Waals surface area contributed by atoms with Crippen molar-refractivity contribution in [2.24, 2.45) is 5.73 Å². The molecule has 6 heteroatoms. The molecule has 0 aliphatic heterocycles. The maximum absolute atomic E-state index is 11.2. The number of ether oxygens (including phenoxy) is 1. The summed E-state index contributed by atoms with van der Waals surface area (Å²) >= 11 is 11.5. The quantitative estimate of drug-likeness (QED) is 0.821. The third kappa shape index (κ3) is 4.70. The first kappa shape index (κ1) is 13.1. The molecule has 1 aromatic rings. The summed E-state index contributed by atoms with van der Waals surface area (Å²) in [6, 6.07) is 4.74. The van der Waals surface area contributed by atoms with E-state index < -0.39 is 6.09 Å². The number of amides is 1. The van der Waals surface area contributed by atoms with Gasteiger partial charge in [0.25, 0.3) is 0 Å². The minimum Gasteiger partial charge on any atom is -0.449 e. The van der Waals surface area contributed by atoms with E-state index in [0.717, 1.165) is 0 Å². The summed E-state index contributed by atoms with van der Waals surface area (Å²) in [4.78, 5) is 11.2. The Morgan fingerprint density at radius 2 is 1.94 bits per heavy atom. The third-order valence-corrected chi connectivity index (χ3v) is 2.13. The molecule has 16 heavy (non-hydrogen) atoms. The standard InChI is InChI=1S/C10H12Cl2N2O2/c11-7-4-8(12)6-9(5-7)14-10(15)16-3-1-2-13/h4-6H,1-3,13H2,(H,14,15). The van der Waals surface area contributed by atoms with E-state index in [1.54, 1.807) is 18.2 Å². The number of hydrogen-bond acceptors (Lipinski definition) is 3. The van der Waals surface area contributed by atoms with Gasteiger partial charge in [0.05, 0.1) is 6.61 Å². The van der Waals surface area contributed by atoms with Crippen LogP contribution in [-0.4, -0.2) is 19.2 Å². The molecule has 88 valence electrons. The van der Waals surface area contributed by atoms with Gasteiger partial charge in [-0.3, -0.25) is 5.32 Å². The summed E-state index contributed by atoms with van der Waals surface area (Å²) in [6.07, 6.45) is 0.0794. The molecular weight excluding hydrogens is 251 g/mol. The van der Waals surface area contributed by atoms with Crippen LogP contribution in [0.1, 0.15) is 6.42 Å². The molecule has 1 rings (SSSR count). The molecule has 0 spiro atoms. The highest BCUT2D eigenvalue weighted by Crippen LogP contribution is 2.22. The fourth-order valence-corrected chi connectivity index (χ4v) is 1.55. The van der Waals surface area contributed by atoms with E-state index in [0.29, 0.717) is 28.7 Å². The number of rotatable bonds is 4. The number of benzene rings is 1. The first-order valence-corrected chi connectivity index (χ1v) is 5.47. The summed E-state index contributed by atoms with van der Waals surface area (Å²) in [5.74, 6) is 0. The van der Waals surface area contributed by atoms with Gasteiger partial charge in [0, 0.05) is 15.7 Å². The van der Waals surface area contributed by atoms with Gasteiger partial charge in [-0.1, -0.05) is 23.2 Å². The van der Waals surface area contributed by atoms with Crippen molar-refractivity contribution in [3.63, 3.8) is 0 Å². The van der Waals surface area contributed by atoms with E-state index in [1.807, 2.05) is 0 Å². The Balaban J connectivity index is 2.49. The van der Waals surface area contributed by atoms with Gasteiger partial charge in [0.15, 0.2) is 0 Å². The molecule has 0 saturated carbocycles. The Kier molecular flexibility index (Phi) is 5.38. The molecular formula is C10H12Cl2N2O2. The van der Waals surface area contributed by atoms with Crippen LogP contribution < -0.4 is 11.1 Å². The van der Waals surface area contributed by atoms with Crippen LogP contribution in [0.4, 0.5) is 10.5 Å². The van der Waals surface area contributed by atoms with Gasteiger partial charge in [-0.05, 0) is 31.2 Å². The van der Waals surface area contributed by atoms with Gasteiger partial charge in [-0.25, -0.2) is 4.79 Å². The minimum atomic E-state index is -0.549. The predicted octanol–water partition coefficient (Wildman–Crippen LogP) is 2.89. The van der Waals surface area contributed by atoms with E-state index in [4.69, 9.17) is 33.7 Å². The molecule has 3 N–H and O–H groups in total. The van der Waals surface area contributed by atoms with Crippen molar-refractivity contribution < 1.29 is 9.53 Å². The summed E-state index contributed by atoms with van der Waals surface area (Å²) in [5, 5.41) is 3.41. The molecule has 1 aromatic carbocycles. The molecule has 1 amide bonds. The maximum Gasteiger partial charge on any atom is 0.411 e. The molecule has 0 aliphatic carbocycles. The van der Waals surface area contributed by atoms with Gasteiger partial charge in [-0.15, -0.1) is 0 Å². The van der Waals surface area contributed by atoms with E-state index >= 15 is 0 Å². The second-order valence-electron chi connectivity index (χ2n) is 3.06. The van der Waals surface area contributed by atoms with Crippen LogP contribution in [0.15, 0.2) is 18.2 Å². The fourth-order valence-electron chi connectivity index (χ4n) is 1.03. The van der Waals surface area contributed by atoms with E-state index in [-0.39, 0.29) is 6.61 Å². The summed E-state index contributed by atoms with van der Waals surface area (Å²) < 4.78 is 4.85. The molecule has 0 unspecified atom stereocenters. The van der Waals surface area contributed by atoms with Crippen molar-refractivity contribution in [2.45, 2.75) is 6.42 Å². The fraction of sp³-hybridized carbons (Fsp3) is 0.300. The normalized spacial score (nSPS) is 9.94. The Morgan fingerprint density at radius 3 is 2.50 bits per heavy atom. The Bertz CT molecular complexity index is 352. The Morgan fingerprint density at radius 1 is 1.31 bits per heavy atom. The zero-order valence-electron chi connectivity index (χ0n) is 8.50. The molecule has 0 aromatic heterocycles. The van der Waals surface area contributed by atoms with Crippen LogP contribution in [0.3, 0.4) is 0 Å². The van der Waals surface area contributed by atoms with Gasteiger partial charge >= 0.3 is 6.09 Å². The van der Waals surface area contributed by atoms with Crippen molar-refractivity contribution in [3.8, 4) is 0 Å². The largest absolute Gasteiger partial charge is 0.449 e. The second-order valence-corrected chi connectivity index (χ2v) is 3.93. The smallest absolute Gasteiger partial charge is 0.411 e. The number of halogens is 2. The topological polar surface area (TPSA) is 64.3 Å². The molecule has 4 nitrogen and oxygen atoms in total. The summed E-state index contributed by atoms with van der Waals surface area (Å²) in [5.41, 5.74) is 5.76. The first-order valence-electron chi connectivity index (χ1n) is 4.72. The van der Waals surface area contributed by atoms with Crippen molar-refractivity contribution in [3.05, 3.63) is 28.2 Å². The summed E-state index contributed by atoms with van der Waals surface area (Å²) in [6.45, 7) is 0.771. The number of carbonyl (C=O) groups is 1. The van der Waals surface area contributed by atoms with Crippen LogP contribution in [0.5, 0.6) is 0 Å². The average Bonchev–Trinajstić information content (AvgIpc) is 2.16. The first-order chi connectivity index (χ1) is 7.61. The molecule has 0 bridgehead atoms. The van der Waals surface area contributed by atoms with Crippen LogP contribution in [0.2, 0.25) is 10.0 Å². The highest BCUT2D eigenvalue weighted by atomic mass is 35.5. The second kappa shape index (κ2) is 6.58. The number of carbonyl (C=O) groups excluding carboxylic acids is 1.